The van der Waals surface area contributed by atoms with Gasteiger partial charge in [-0.2, -0.15) is 0 Å². The molecule has 1 heterocycles. The van der Waals surface area contributed by atoms with E-state index in [1.807, 2.05) is 12.1 Å². The third-order valence-electron chi connectivity index (χ3n) is 4.94. The Labute approximate surface area is 119 Å². The number of nitrogen functional groups attached to an aromatic ring is 1. The first-order valence-corrected chi connectivity index (χ1v) is 7.62. The first-order valence-electron chi connectivity index (χ1n) is 7.62. The maximum Gasteiger partial charge on any atom is 0.0726 e. The standard InChI is InChI=1S/C18H20N2/c1-2-11-7-12-9-13(8-11)18-15(10-12)17(19)14-5-3-4-6-16(14)20-18/h3-7,12-13H,2,8-10H2,1H3,(H2,19,20)/t12-,13+/m1/s1. The van der Waals surface area contributed by atoms with Crippen LogP contribution >= 0.6 is 0 Å². The van der Waals surface area contributed by atoms with Gasteiger partial charge in [-0.05, 0) is 43.2 Å². The van der Waals surface area contributed by atoms with Gasteiger partial charge < -0.3 is 5.73 Å². The molecule has 0 spiro atoms. The molecule has 0 aliphatic heterocycles. The van der Waals surface area contributed by atoms with E-state index in [1.165, 1.54) is 30.5 Å². The Morgan fingerprint density at radius 1 is 1.25 bits per heavy atom. The molecule has 0 fully saturated rings. The van der Waals surface area contributed by atoms with E-state index in [1.54, 1.807) is 5.57 Å². The number of nitrogens with two attached hydrogens (primary N) is 1. The summed E-state index contributed by atoms with van der Waals surface area (Å²) in [7, 11) is 0. The quantitative estimate of drug-likeness (QED) is 0.784. The van der Waals surface area contributed by atoms with Crippen LogP contribution in [0.1, 0.15) is 43.4 Å². The van der Waals surface area contributed by atoms with E-state index in [4.69, 9.17) is 10.7 Å². The Hall–Kier alpha value is -1.83. The summed E-state index contributed by atoms with van der Waals surface area (Å²) in [6, 6.07) is 8.27. The third-order valence-corrected chi connectivity index (χ3v) is 4.94. The zero-order valence-electron chi connectivity index (χ0n) is 11.9. The molecule has 0 saturated carbocycles. The van der Waals surface area contributed by atoms with Gasteiger partial charge >= 0.3 is 0 Å². The molecule has 2 aliphatic rings. The molecule has 0 radical (unpaired) electrons. The van der Waals surface area contributed by atoms with Gasteiger partial charge in [0.15, 0.2) is 0 Å². The van der Waals surface area contributed by atoms with Crippen LogP contribution < -0.4 is 5.73 Å². The van der Waals surface area contributed by atoms with Crippen LogP contribution in [0.3, 0.4) is 0 Å². The molecule has 2 aliphatic carbocycles. The van der Waals surface area contributed by atoms with Crippen molar-refractivity contribution in [3.05, 3.63) is 47.2 Å². The maximum atomic E-state index is 6.45. The maximum absolute atomic E-state index is 6.45. The topological polar surface area (TPSA) is 38.9 Å². The molecule has 2 heteroatoms. The highest BCUT2D eigenvalue weighted by atomic mass is 14.8. The average Bonchev–Trinajstić information content (AvgIpc) is 2.49. The normalized spacial score (nSPS) is 24.4. The highest BCUT2D eigenvalue weighted by Crippen LogP contribution is 2.45. The lowest BCUT2D eigenvalue weighted by atomic mass is 9.71. The van der Waals surface area contributed by atoms with E-state index >= 15 is 0 Å². The van der Waals surface area contributed by atoms with E-state index in [9.17, 15) is 0 Å². The van der Waals surface area contributed by atoms with Crippen molar-refractivity contribution in [2.75, 3.05) is 5.73 Å². The largest absolute Gasteiger partial charge is 0.398 e. The molecular formula is C18H20N2. The van der Waals surface area contributed by atoms with Gasteiger partial charge in [-0.3, -0.25) is 4.98 Å². The zero-order valence-corrected chi connectivity index (χ0v) is 11.9. The molecule has 0 amide bonds. The van der Waals surface area contributed by atoms with Gasteiger partial charge in [-0.25, -0.2) is 0 Å². The van der Waals surface area contributed by atoms with Crippen molar-refractivity contribution in [1.29, 1.82) is 0 Å². The molecule has 1 aromatic heterocycles. The molecule has 2 nitrogen and oxygen atoms in total. The first kappa shape index (κ1) is 12.0. The number of hydrogen-bond donors (Lipinski definition) is 1. The number of fused-ring (bicyclic) bond motifs is 5. The fourth-order valence-electron chi connectivity index (χ4n) is 3.96. The van der Waals surface area contributed by atoms with Gasteiger partial charge in [-0.15, -0.1) is 0 Å². The van der Waals surface area contributed by atoms with E-state index in [-0.39, 0.29) is 0 Å². The summed E-state index contributed by atoms with van der Waals surface area (Å²) in [5, 5.41) is 1.12. The van der Waals surface area contributed by atoms with Crippen molar-refractivity contribution in [3.8, 4) is 0 Å². The van der Waals surface area contributed by atoms with Crippen LogP contribution in [0.2, 0.25) is 0 Å². The lowest BCUT2D eigenvalue weighted by Crippen LogP contribution is -2.24. The van der Waals surface area contributed by atoms with Gasteiger partial charge in [0, 0.05) is 22.7 Å². The van der Waals surface area contributed by atoms with Crippen LogP contribution in [0.15, 0.2) is 35.9 Å². The van der Waals surface area contributed by atoms with Crippen LogP contribution in [0.25, 0.3) is 10.9 Å². The van der Waals surface area contributed by atoms with Crippen LogP contribution in [0.5, 0.6) is 0 Å². The molecule has 2 bridgehead atoms. The molecule has 2 atom stereocenters. The summed E-state index contributed by atoms with van der Waals surface area (Å²) in [6.45, 7) is 2.26. The van der Waals surface area contributed by atoms with Gasteiger partial charge in [0.2, 0.25) is 0 Å². The molecule has 2 N–H and O–H groups in total. The molecule has 2 aromatic rings. The average molecular weight is 264 g/mol. The van der Waals surface area contributed by atoms with Crippen LogP contribution in [-0.2, 0) is 6.42 Å². The monoisotopic (exact) mass is 264 g/mol. The van der Waals surface area contributed by atoms with E-state index in [2.05, 4.69) is 25.1 Å². The predicted octanol–water partition coefficient (Wildman–Crippen LogP) is 4.20. The summed E-state index contributed by atoms with van der Waals surface area (Å²) in [5.74, 6) is 1.25. The fraction of sp³-hybridized carbons (Fsp3) is 0.389. The number of allylic oxidation sites excluding steroid dienone is 2. The second-order valence-electron chi connectivity index (χ2n) is 6.19. The molecule has 0 saturated heterocycles. The van der Waals surface area contributed by atoms with Crippen LogP contribution in [0, 0.1) is 5.92 Å². The summed E-state index contributed by atoms with van der Waals surface area (Å²) >= 11 is 0. The Kier molecular flexibility index (Phi) is 2.59. The van der Waals surface area contributed by atoms with Crippen LogP contribution in [0.4, 0.5) is 5.69 Å². The molecule has 102 valence electrons. The first-order chi connectivity index (χ1) is 9.76. The second-order valence-corrected chi connectivity index (χ2v) is 6.19. The molecule has 4 rings (SSSR count). The number of para-hydroxylation sites is 1. The molecule has 20 heavy (non-hydrogen) atoms. The van der Waals surface area contributed by atoms with E-state index in [0.29, 0.717) is 11.8 Å². The number of pyridine rings is 1. The van der Waals surface area contributed by atoms with Crippen molar-refractivity contribution in [2.24, 2.45) is 5.92 Å². The predicted molar refractivity (Wildman–Crippen MR) is 83.7 cm³/mol. The Morgan fingerprint density at radius 3 is 2.95 bits per heavy atom. The van der Waals surface area contributed by atoms with E-state index in [0.717, 1.165) is 23.0 Å². The lowest BCUT2D eigenvalue weighted by molar-refractivity contribution is 0.426. The number of anilines is 1. The van der Waals surface area contributed by atoms with Crippen molar-refractivity contribution in [1.82, 2.24) is 4.98 Å². The Balaban J connectivity index is 1.91. The summed E-state index contributed by atoms with van der Waals surface area (Å²) in [4.78, 5) is 4.96. The zero-order chi connectivity index (χ0) is 13.7. The fourth-order valence-corrected chi connectivity index (χ4v) is 3.96. The number of aromatic nitrogens is 1. The minimum absolute atomic E-state index is 0.579. The van der Waals surface area contributed by atoms with Crippen molar-refractivity contribution in [2.45, 2.75) is 38.5 Å². The number of benzene rings is 1. The van der Waals surface area contributed by atoms with Gasteiger partial charge in [0.25, 0.3) is 0 Å². The number of rotatable bonds is 1. The lowest BCUT2D eigenvalue weighted by Gasteiger charge is -2.35. The van der Waals surface area contributed by atoms with Gasteiger partial charge in [0.1, 0.15) is 0 Å². The summed E-state index contributed by atoms with van der Waals surface area (Å²) < 4.78 is 0. The third kappa shape index (κ3) is 1.67. The Bertz CT molecular complexity index is 715. The van der Waals surface area contributed by atoms with Gasteiger partial charge in [0.05, 0.1) is 5.52 Å². The molecule has 1 aromatic carbocycles. The Morgan fingerprint density at radius 2 is 2.10 bits per heavy atom. The van der Waals surface area contributed by atoms with Crippen molar-refractivity contribution < 1.29 is 0 Å². The number of hydrogen-bond acceptors (Lipinski definition) is 2. The smallest absolute Gasteiger partial charge is 0.0726 e. The van der Waals surface area contributed by atoms with Crippen LogP contribution in [-0.4, -0.2) is 4.98 Å². The highest BCUT2D eigenvalue weighted by molar-refractivity contribution is 5.92. The highest BCUT2D eigenvalue weighted by Gasteiger charge is 2.32. The minimum Gasteiger partial charge on any atom is -0.398 e. The SMILES string of the molecule is CCC1=C[C@H]2Cc3c(nc4ccccc4c3N)[C@@H](C1)C2. The summed E-state index contributed by atoms with van der Waals surface area (Å²) in [5.41, 5.74) is 12.7. The minimum atomic E-state index is 0.579. The van der Waals surface area contributed by atoms with Crippen molar-refractivity contribution in [3.63, 3.8) is 0 Å². The molecule has 0 unspecified atom stereocenters. The van der Waals surface area contributed by atoms with E-state index < -0.39 is 0 Å². The molecular weight excluding hydrogens is 244 g/mol. The van der Waals surface area contributed by atoms with Crippen molar-refractivity contribution >= 4 is 16.6 Å². The van der Waals surface area contributed by atoms with Gasteiger partial charge in [-0.1, -0.05) is 36.8 Å². The number of nitrogens with zero attached hydrogens (tertiary/aromatic N) is 1. The summed E-state index contributed by atoms with van der Waals surface area (Å²) in [6.07, 6.45) is 7.16. The second kappa shape index (κ2) is 4.34.